The highest BCUT2D eigenvalue weighted by atomic mass is 16.2. The lowest BCUT2D eigenvalue weighted by Gasteiger charge is -2.23. The third kappa shape index (κ3) is 2.08. The maximum absolute atomic E-state index is 12.1. The van der Waals surface area contributed by atoms with Crippen LogP contribution in [0.5, 0.6) is 0 Å². The molecule has 1 aliphatic heterocycles. The van der Waals surface area contributed by atoms with Crippen LogP contribution in [0.15, 0.2) is 30.4 Å². The van der Waals surface area contributed by atoms with Gasteiger partial charge >= 0.3 is 0 Å². The van der Waals surface area contributed by atoms with Crippen LogP contribution in [0.25, 0.3) is 0 Å². The Morgan fingerprint density at radius 2 is 2.19 bits per heavy atom. The standard InChI is InChI=1S/C13H16N2O/c1-10-5-6-11(9-12(10)14)13(16)15-7-3-2-4-8-15/h2-3,5-6,9H,4,7-8,14H2,1H3. The number of hydrogen-bond acceptors (Lipinski definition) is 2. The predicted octanol–water partition coefficient (Wildman–Crippen LogP) is 1.98. The average Bonchev–Trinajstić information content (AvgIpc) is 2.33. The SMILES string of the molecule is Cc1ccc(C(=O)N2CC=CCC2)cc1N. The van der Waals surface area contributed by atoms with Gasteiger partial charge in [0.05, 0.1) is 0 Å². The number of rotatable bonds is 1. The van der Waals surface area contributed by atoms with Crippen LogP contribution in [0, 0.1) is 6.92 Å². The van der Waals surface area contributed by atoms with Gasteiger partial charge in [0.25, 0.3) is 5.91 Å². The van der Waals surface area contributed by atoms with Crippen LogP contribution >= 0.6 is 0 Å². The number of aryl methyl sites for hydroxylation is 1. The molecule has 3 nitrogen and oxygen atoms in total. The van der Waals surface area contributed by atoms with E-state index in [0.717, 1.165) is 18.5 Å². The van der Waals surface area contributed by atoms with Crippen molar-refractivity contribution in [2.45, 2.75) is 13.3 Å². The summed E-state index contributed by atoms with van der Waals surface area (Å²) in [6.45, 7) is 3.43. The fraction of sp³-hybridized carbons (Fsp3) is 0.308. The summed E-state index contributed by atoms with van der Waals surface area (Å²) in [6.07, 6.45) is 5.07. The first-order valence-corrected chi connectivity index (χ1v) is 5.49. The van der Waals surface area contributed by atoms with Gasteiger partial charge in [-0.25, -0.2) is 0 Å². The number of anilines is 1. The first-order valence-electron chi connectivity index (χ1n) is 5.49. The smallest absolute Gasteiger partial charge is 0.254 e. The first kappa shape index (κ1) is 10.7. The van der Waals surface area contributed by atoms with Gasteiger partial charge in [-0.2, -0.15) is 0 Å². The van der Waals surface area contributed by atoms with E-state index in [1.165, 1.54) is 0 Å². The van der Waals surface area contributed by atoms with Gasteiger partial charge in [0, 0.05) is 24.3 Å². The zero-order chi connectivity index (χ0) is 11.5. The molecule has 0 bridgehead atoms. The van der Waals surface area contributed by atoms with E-state index in [-0.39, 0.29) is 5.91 Å². The third-order valence-electron chi connectivity index (χ3n) is 2.87. The second kappa shape index (κ2) is 4.39. The van der Waals surface area contributed by atoms with Crippen molar-refractivity contribution in [2.75, 3.05) is 18.8 Å². The van der Waals surface area contributed by atoms with E-state index in [4.69, 9.17) is 5.73 Å². The molecule has 84 valence electrons. The van der Waals surface area contributed by atoms with Crippen LogP contribution in [0.4, 0.5) is 5.69 Å². The summed E-state index contributed by atoms with van der Waals surface area (Å²) in [4.78, 5) is 13.9. The number of nitrogens with zero attached hydrogens (tertiary/aromatic N) is 1. The van der Waals surface area contributed by atoms with Crippen molar-refractivity contribution in [3.8, 4) is 0 Å². The molecular formula is C13H16N2O. The molecule has 0 spiro atoms. The van der Waals surface area contributed by atoms with E-state index in [9.17, 15) is 4.79 Å². The first-order chi connectivity index (χ1) is 7.68. The molecule has 1 aromatic rings. The van der Waals surface area contributed by atoms with Gasteiger partial charge in [-0.1, -0.05) is 18.2 Å². The molecule has 0 aromatic heterocycles. The Kier molecular flexibility index (Phi) is 2.95. The second-order valence-electron chi connectivity index (χ2n) is 4.08. The number of carbonyl (C=O) groups is 1. The summed E-state index contributed by atoms with van der Waals surface area (Å²) in [5.41, 5.74) is 8.17. The van der Waals surface area contributed by atoms with E-state index >= 15 is 0 Å². The van der Waals surface area contributed by atoms with Crippen molar-refractivity contribution in [3.05, 3.63) is 41.5 Å². The molecule has 3 heteroatoms. The number of amides is 1. The topological polar surface area (TPSA) is 46.3 Å². The van der Waals surface area contributed by atoms with Crippen molar-refractivity contribution in [1.29, 1.82) is 0 Å². The molecule has 0 saturated carbocycles. The highest BCUT2D eigenvalue weighted by molar-refractivity contribution is 5.95. The lowest BCUT2D eigenvalue weighted by molar-refractivity contribution is 0.0771. The lowest BCUT2D eigenvalue weighted by atomic mass is 10.1. The molecule has 0 fully saturated rings. The van der Waals surface area contributed by atoms with Gasteiger partial charge in [0.1, 0.15) is 0 Å². The summed E-state index contributed by atoms with van der Waals surface area (Å²) in [5, 5.41) is 0. The molecule has 16 heavy (non-hydrogen) atoms. The third-order valence-corrected chi connectivity index (χ3v) is 2.87. The lowest BCUT2D eigenvalue weighted by Crippen LogP contribution is -2.33. The Balaban J connectivity index is 2.20. The minimum Gasteiger partial charge on any atom is -0.398 e. The second-order valence-corrected chi connectivity index (χ2v) is 4.08. The Bertz CT molecular complexity index is 438. The Morgan fingerprint density at radius 1 is 1.38 bits per heavy atom. The quantitative estimate of drug-likeness (QED) is 0.576. The molecule has 0 atom stereocenters. The summed E-state index contributed by atoms with van der Waals surface area (Å²) >= 11 is 0. The number of carbonyl (C=O) groups excluding carboxylic acids is 1. The highest BCUT2D eigenvalue weighted by Crippen LogP contribution is 2.15. The zero-order valence-corrected chi connectivity index (χ0v) is 9.44. The van der Waals surface area contributed by atoms with Crippen molar-refractivity contribution in [3.63, 3.8) is 0 Å². The normalized spacial score (nSPS) is 15.2. The van der Waals surface area contributed by atoms with Crippen LogP contribution < -0.4 is 5.73 Å². The van der Waals surface area contributed by atoms with Gasteiger partial charge in [-0.15, -0.1) is 0 Å². The summed E-state index contributed by atoms with van der Waals surface area (Å²) in [7, 11) is 0. The van der Waals surface area contributed by atoms with Gasteiger partial charge in [0.15, 0.2) is 0 Å². The Morgan fingerprint density at radius 3 is 2.81 bits per heavy atom. The monoisotopic (exact) mass is 216 g/mol. The minimum absolute atomic E-state index is 0.0658. The highest BCUT2D eigenvalue weighted by Gasteiger charge is 2.16. The van der Waals surface area contributed by atoms with Crippen LogP contribution in [0.2, 0.25) is 0 Å². The van der Waals surface area contributed by atoms with Crippen molar-refractivity contribution in [2.24, 2.45) is 0 Å². The maximum atomic E-state index is 12.1. The molecule has 2 rings (SSSR count). The maximum Gasteiger partial charge on any atom is 0.254 e. The summed E-state index contributed by atoms with van der Waals surface area (Å²) in [6, 6.07) is 5.49. The van der Waals surface area contributed by atoms with E-state index in [0.29, 0.717) is 17.8 Å². The van der Waals surface area contributed by atoms with Crippen molar-refractivity contribution < 1.29 is 4.79 Å². The predicted molar refractivity (Wildman–Crippen MR) is 65.3 cm³/mol. The fourth-order valence-electron chi connectivity index (χ4n) is 1.78. The average molecular weight is 216 g/mol. The summed E-state index contributed by atoms with van der Waals surface area (Å²) < 4.78 is 0. The minimum atomic E-state index is 0.0658. The molecule has 1 amide bonds. The largest absolute Gasteiger partial charge is 0.398 e. The number of hydrogen-bond donors (Lipinski definition) is 1. The molecule has 1 heterocycles. The van der Waals surface area contributed by atoms with E-state index < -0.39 is 0 Å². The molecule has 1 aliphatic rings. The molecule has 0 saturated heterocycles. The molecule has 2 N–H and O–H groups in total. The summed E-state index contributed by atoms with van der Waals surface area (Å²) in [5.74, 6) is 0.0658. The molecule has 0 aliphatic carbocycles. The van der Waals surface area contributed by atoms with E-state index in [1.54, 1.807) is 6.07 Å². The molecule has 0 radical (unpaired) electrons. The van der Waals surface area contributed by atoms with Crippen LogP contribution in [-0.2, 0) is 0 Å². The van der Waals surface area contributed by atoms with Gasteiger partial charge in [-0.3, -0.25) is 4.79 Å². The van der Waals surface area contributed by atoms with Gasteiger partial charge < -0.3 is 10.6 Å². The molecule has 0 unspecified atom stereocenters. The van der Waals surface area contributed by atoms with Crippen LogP contribution in [0.3, 0.4) is 0 Å². The van der Waals surface area contributed by atoms with Gasteiger partial charge in [-0.05, 0) is 31.0 Å². The Labute approximate surface area is 95.6 Å². The van der Waals surface area contributed by atoms with E-state index in [1.807, 2.05) is 30.0 Å². The fourth-order valence-corrected chi connectivity index (χ4v) is 1.78. The van der Waals surface area contributed by atoms with E-state index in [2.05, 4.69) is 6.08 Å². The van der Waals surface area contributed by atoms with Gasteiger partial charge in [0.2, 0.25) is 0 Å². The van der Waals surface area contributed by atoms with Crippen molar-refractivity contribution in [1.82, 2.24) is 4.90 Å². The number of benzene rings is 1. The Hall–Kier alpha value is -1.77. The molecular weight excluding hydrogens is 200 g/mol. The number of nitrogen functional groups attached to an aromatic ring is 1. The zero-order valence-electron chi connectivity index (χ0n) is 9.44. The number of nitrogens with two attached hydrogens (primary N) is 1. The molecule has 1 aromatic carbocycles. The van der Waals surface area contributed by atoms with Crippen LogP contribution in [0.1, 0.15) is 22.3 Å². The van der Waals surface area contributed by atoms with Crippen LogP contribution in [-0.4, -0.2) is 23.9 Å². The van der Waals surface area contributed by atoms with Crippen molar-refractivity contribution >= 4 is 11.6 Å².